The SMILES string of the molecule is [CH2-]N(COCOCN([CH2-])CC(O)CN)CC(O)CN.[Y]. The molecular weight excluding hydrogens is 341 g/mol. The summed E-state index contributed by atoms with van der Waals surface area (Å²) in [5.41, 5.74) is 10.5. The van der Waals surface area contributed by atoms with Gasteiger partial charge in [-0.25, -0.2) is 0 Å². The first-order valence-corrected chi connectivity index (χ1v) is 6.02. The van der Waals surface area contributed by atoms with Crippen molar-refractivity contribution in [2.45, 2.75) is 12.2 Å². The number of aliphatic hydroxyl groups is 2. The Hall–Kier alpha value is 0.784. The van der Waals surface area contributed by atoms with Gasteiger partial charge in [0.15, 0.2) is 0 Å². The molecule has 9 heteroatoms. The van der Waals surface area contributed by atoms with Crippen LogP contribution in [0.25, 0.3) is 0 Å². The average molecular weight is 367 g/mol. The average Bonchev–Trinajstić information content (AvgIpc) is 2.37. The zero-order valence-electron chi connectivity index (χ0n) is 11.9. The Labute approximate surface area is 146 Å². The summed E-state index contributed by atoms with van der Waals surface area (Å²) in [4.78, 5) is 3.09. The topological polar surface area (TPSA) is 117 Å². The van der Waals surface area contributed by atoms with Crippen LogP contribution in [0.1, 0.15) is 0 Å². The van der Waals surface area contributed by atoms with Crippen molar-refractivity contribution in [2.24, 2.45) is 11.5 Å². The molecule has 0 aromatic rings. The van der Waals surface area contributed by atoms with Crippen LogP contribution in [0.5, 0.6) is 0 Å². The van der Waals surface area contributed by atoms with Crippen LogP contribution in [-0.4, -0.2) is 78.7 Å². The number of hydrogen-bond donors (Lipinski definition) is 4. The summed E-state index contributed by atoms with van der Waals surface area (Å²) < 4.78 is 10.3. The molecule has 0 aromatic carbocycles. The van der Waals surface area contributed by atoms with E-state index in [4.69, 9.17) is 20.9 Å². The number of hydrogen-bond acceptors (Lipinski definition) is 8. The predicted molar refractivity (Wildman–Crippen MR) is 71.0 cm³/mol. The van der Waals surface area contributed by atoms with Crippen LogP contribution in [0.4, 0.5) is 0 Å². The summed E-state index contributed by atoms with van der Waals surface area (Å²) in [7, 11) is 7.35. The minimum Gasteiger partial charge on any atom is -0.435 e. The van der Waals surface area contributed by atoms with Gasteiger partial charge in [-0.1, -0.05) is 0 Å². The summed E-state index contributed by atoms with van der Waals surface area (Å²) in [5.74, 6) is 0. The molecule has 0 rings (SSSR count). The fourth-order valence-corrected chi connectivity index (χ4v) is 1.24. The Morgan fingerprint density at radius 3 is 1.55 bits per heavy atom. The van der Waals surface area contributed by atoms with E-state index in [1.165, 1.54) is 0 Å². The number of ether oxygens (including phenoxy) is 2. The van der Waals surface area contributed by atoms with E-state index in [0.29, 0.717) is 13.1 Å². The van der Waals surface area contributed by atoms with Gasteiger partial charge in [-0.05, 0) is 13.1 Å². The van der Waals surface area contributed by atoms with Crippen LogP contribution in [0.3, 0.4) is 0 Å². The number of aliphatic hydroxyl groups excluding tert-OH is 2. The molecule has 20 heavy (non-hydrogen) atoms. The van der Waals surface area contributed by atoms with Crippen molar-refractivity contribution in [1.29, 1.82) is 0 Å². The number of nitrogens with zero attached hydrogens (tertiary/aromatic N) is 2. The fraction of sp³-hybridized carbons (Fsp3) is 0.818. The van der Waals surface area contributed by atoms with Gasteiger partial charge in [0.05, 0.1) is 25.7 Å². The molecular formula is C11H26N4O4Y-2. The molecule has 0 aromatic heterocycles. The van der Waals surface area contributed by atoms with Crippen LogP contribution < -0.4 is 11.5 Å². The molecule has 0 spiro atoms. The maximum Gasteiger partial charge on any atom is 0.150 e. The van der Waals surface area contributed by atoms with Crippen LogP contribution in [0.2, 0.25) is 0 Å². The molecule has 8 nitrogen and oxygen atoms in total. The Morgan fingerprint density at radius 1 is 0.900 bits per heavy atom. The molecule has 0 aliphatic carbocycles. The monoisotopic (exact) mass is 367 g/mol. The summed E-state index contributed by atoms with van der Waals surface area (Å²) in [6.07, 6.45) is -1.23. The van der Waals surface area contributed by atoms with Crippen LogP contribution in [-0.2, 0) is 42.2 Å². The number of rotatable bonds is 12. The molecule has 0 heterocycles. The van der Waals surface area contributed by atoms with Crippen molar-refractivity contribution >= 4 is 0 Å². The third-order valence-electron chi connectivity index (χ3n) is 2.20. The van der Waals surface area contributed by atoms with Gasteiger partial charge in [-0.3, -0.25) is 14.1 Å². The van der Waals surface area contributed by atoms with Gasteiger partial charge in [0.25, 0.3) is 0 Å². The summed E-state index contributed by atoms with van der Waals surface area (Å²) in [5, 5.41) is 18.5. The first kappa shape index (κ1) is 23.1. The van der Waals surface area contributed by atoms with Crippen LogP contribution >= 0.6 is 0 Å². The molecule has 0 saturated carbocycles. The molecule has 2 atom stereocenters. The van der Waals surface area contributed by atoms with E-state index in [1.807, 2.05) is 0 Å². The quantitative estimate of drug-likeness (QED) is 0.173. The van der Waals surface area contributed by atoms with Gasteiger partial charge < -0.3 is 41.0 Å². The minimum atomic E-state index is -0.616. The van der Waals surface area contributed by atoms with Gasteiger partial charge in [0, 0.05) is 45.8 Å². The molecule has 0 aliphatic rings. The summed E-state index contributed by atoms with van der Waals surface area (Å²) >= 11 is 0. The predicted octanol–water partition coefficient (Wildman–Crippen LogP) is -2.28. The van der Waals surface area contributed by atoms with Gasteiger partial charge in [-0.2, -0.15) is 0 Å². The zero-order chi connectivity index (χ0) is 14.7. The second-order valence-electron chi connectivity index (χ2n) is 4.27. The Bertz CT molecular complexity index is 197. The molecule has 0 amide bonds. The minimum absolute atomic E-state index is 0. The van der Waals surface area contributed by atoms with Gasteiger partial charge >= 0.3 is 0 Å². The molecule has 0 bridgehead atoms. The van der Waals surface area contributed by atoms with E-state index in [0.717, 1.165) is 0 Å². The van der Waals surface area contributed by atoms with Crippen LogP contribution in [0, 0.1) is 14.1 Å². The van der Waals surface area contributed by atoms with Crippen molar-refractivity contribution in [3.05, 3.63) is 14.1 Å². The maximum atomic E-state index is 9.27. The third-order valence-corrected chi connectivity index (χ3v) is 2.20. The molecule has 6 N–H and O–H groups in total. The fourth-order valence-electron chi connectivity index (χ4n) is 1.24. The Kier molecular flexibility index (Phi) is 17.0. The smallest absolute Gasteiger partial charge is 0.150 e. The Balaban J connectivity index is 0. The van der Waals surface area contributed by atoms with Crippen molar-refractivity contribution in [3.63, 3.8) is 0 Å². The molecule has 0 saturated heterocycles. The third kappa shape index (κ3) is 13.8. The van der Waals surface area contributed by atoms with Crippen molar-refractivity contribution in [2.75, 3.05) is 46.4 Å². The maximum absolute atomic E-state index is 9.27. The molecule has 0 fully saturated rings. The molecule has 0 aliphatic heterocycles. The van der Waals surface area contributed by atoms with Gasteiger partial charge in [0.2, 0.25) is 0 Å². The standard InChI is InChI=1S/C11H26N4O4.Y/c1-14(5-10(16)3-12)7-18-9-19-8-15(2)6-11(17)4-13;/h10-11,16-17H,1-9,12-13H2;/q-2;. The second-order valence-corrected chi connectivity index (χ2v) is 4.27. The Morgan fingerprint density at radius 2 is 1.25 bits per heavy atom. The van der Waals surface area contributed by atoms with E-state index in [-0.39, 0.29) is 66.1 Å². The van der Waals surface area contributed by atoms with Crippen LogP contribution in [0.15, 0.2) is 0 Å². The summed E-state index contributed by atoms with van der Waals surface area (Å²) in [6.45, 7) is 1.54. The van der Waals surface area contributed by atoms with Gasteiger partial charge in [-0.15, -0.1) is 0 Å². The number of nitrogens with two attached hydrogens (primary N) is 2. The largest absolute Gasteiger partial charge is 0.435 e. The zero-order valence-corrected chi connectivity index (χ0v) is 14.7. The van der Waals surface area contributed by atoms with Crippen molar-refractivity contribution in [1.82, 2.24) is 9.80 Å². The normalized spacial score (nSPS) is 14.4. The van der Waals surface area contributed by atoms with E-state index >= 15 is 0 Å². The molecule has 119 valence electrons. The first-order chi connectivity index (χ1) is 8.99. The van der Waals surface area contributed by atoms with Crippen molar-refractivity contribution in [3.8, 4) is 0 Å². The van der Waals surface area contributed by atoms with Gasteiger partial charge in [0.1, 0.15) is 6.79 Å². The van der Waals surface area contributed by atoms with E-state index in [1.54, 1.807) is 9.80 Å². The second kappa shape index (κ2) is 14.7. The first-order valence-electron chi connectivity index (χ1n) is 6.02. The molecule has 2 unspecified atom stereocenters. The molecule has 1 radical (unpaired) electrons. The van der Waals surface area contributed by atoms with E-state index in [9.17, 15) is 10.2 Å². The van der Waals surface area contributed by atoms with E-state index < -0.39 is 12.2 Å². The summed E-state index contributed by atoms with van der Waals surface area (Å²) in [6, 6.07) is 0. The van der Waals surface area contributed by atoms with E-state index in [2.05, 4.69) is 14.1 Å². The van der Waals surface area contributed by atoms with Crippen molar-refractivity contribution < 1.29 is 52.4 Å².